The van der Waals surface area contributed by atoms with Gasteiger partial charge in [0.25, 0.3) is 0 Å². The second kappa shape index (κ2) is 5.27. The van der Waals surface area contributed by atoms with Crippen LogP contribution in [0, 0.1) is 0 Å². The monoisotopic (exact) mass is 272 g/mol. The third kappa shape index (κ3) is 2.19. The van der Waals surface area contributed by atoms with E-state index < -0.39 is 6.04 Å². The summed E-state index contributed by atoms with van der Waals surface area (Å²) in [5.41, 5.74) is 1.98. The number of amides is 2. The number of fused-ring (bicyclic) bond motifs is 1. The molecule has 0 aromatic heterocycles. The topological polar surface area (TPSA) is 40.6 Å². The summed E-state index contributed by atoms with van der Waals surface area (Å²) in [7, 11) is 1.74. The van der Waals surface area contributed by atoms with E-state index in [1.165, 1.54) is 6.42 Å². The van der Waals surface area contributed by atoms with Crippen molar-refractivity contribution >= 4 is 11.8 Å². The first kappa shape index (κ1) is 13.2. The Balaban J connectivity index is 1.94. The normalized spacial score (nSPS) is 22.6. The first-order valence-corrected chi connectivity index (χ1v) is 7.31. The van der Waals surface area contributed by atoms with E-state index in [-0.39, 0.29) is 11.8 Å². The van der Waals surface area contributed by atoms with Gasteiger partial charge in [-0.15, -0.1) is 0 Å². The van der Waals surface area contributed by atoms with Crippen molar-refractivity contribution < 1.29 is 9.59 Å². The zero-order chi connectivity index (χ0) is 14.1. The summed E-state index contributed by atoms with van der Waals surface area (Å²) in [6.45, 7) is 1.64. The molecule has 1 atom stereocenters. The molecule has 106 valence electrons. The van der Waals surface area contributed by atoms with Gasteiger partial charge in [0, 0.05) is 20.1 Å². The minimum absolute atomic E-state index is 0.0269. The molecule has 0 aliphatic carbocycles. The summed E-state index contributed by atoms with van der Waals surface area (Å²) in [5.74, 6) is 0.103. The van der Waals surface area contributed by atoms with E-state index >= 15 is 0 Å². The zero-order valence-corrected chi connectivity index (χ0v) is 11.8. The number of hydrogen-bond acceptors (Lipinski definition) is 2. The van der Waals surface area contributed by atoms with Crippen LogP contribution < -0.4 is 0 Å². The third-order valence-electron chi connectivity index (χ3n) is 4.37. The van der Waals surface area contributed by atoms with E-state index in [2.05, 4.69) is 0 Å². The molecule has 0 bridgehead atoms. The average molecular weight is 272 g/mol. The number of likely N-dealkylation sites (tertiary alicyclic amines) is 1. The van der Waals surface area contributed by atoms with Crippen molar-refractivity contribution in [3.05, 3.63) is 35.4 Å². The fourth-order valence-corrected chi connectivity index (χ4v) is 3.19. The Bertz CT molecular complexity index is 535. The molecule has 4 heteroatoms. The second-order valence-corrected chi connectivity index (χ2v) is 5.67. The molecule has 2 aliphatic heterocycles. The van der Waals surface area contributed by atoms with E-state index in [1.807, 2.05) is 29.2 Å². The van der Waals surface area contributed by atoms with Crippen LogP contribution in [0.3, 0.4) is 0 Å². The van der Waals surface area contributed by atoms with Crippen LogP contribution in [0.2, 0.25) is 0 Å². The van der Waals surface area contributed by atoms with Gasteiger partial charge in [-0.3, -0.25) is 9.59 Å². The van der Waals surface area contributed by atoms with Crippen molar-refractivity contribution in [2.24, 2.45) is 0 Å². The second-order valence-electron chi connectivity index (χ2n) is 5.67. The Labute approximate surface area is 119 Å². The highest BCUT2D eigenvalue weighted by molar-refractivity contribution is 5.92. The van der Waals surface area contributed by atoms with Gasteiger partial charge in [-0.1, -0.05) is 24.3 Å². The first-order valence-electron chi connectivity index (χ1n) is 7.31. The summed E-state index contributed by atoms with van der Waals surface area (Å²) in [6, 6.07) is 7.37. The van der Waals surface area contributed by atoms with Crippen molar-refractivity contribution in [3.8, 4) is 0 Å². The fourth-order valence-electron chi connectivity index (χ4n) is 3.19. The van der Waals surface area contributed by atoms with Gasteiger partial charge in [0.15, 0.2) is 0 Å². The van der Waals surface area contributed by atoms with Gasteiger partial charge in [0.2, 0.25) is 11.8 Å². The Morgan fingerprint density at radius 3 is 2.60 bits per heavy atom. The van der Waals surface area contributed by atoms with E-state index in [1.54, 1.807) is 11.9 Å². The number of benzene rings is 1. The zero-order valence-electron chi connectivity index (χ0n) is 11.8. The lowest BCUT2D eigenvalue weighted by molar-refractivity contribution is -0.146. The quantitative estimate of drug-likeness (QED) is 0.781. The Kier molecular flexibility index (Phi) is 3.47. The molecule has 1 fully saturated rings. The molecule has 2 amide bonds. The summed E-state index contributed by atoms with van der Waals surface area (Å²) >= 11 is 0. The van der Waals surface area contributed by atoms with Gasteiger partial charge in [-0.05, 0) is 30.4 Å². The molecule has 1 saturated heterocycles. The van der Waals surface area contributed by atoms with Gasteiger partial charge >= 0.3 is 0 Å². The number of carbonyl (C=O) groups excluding carboxylic acids is 2. The highest BCUT2D eigenvalue weighted by atomic mass is 16.2. The van der Waals surface area contributed by atoms with Crippen LogP contribution in [0.4, 0.5) is 0 Å². The van der Waals surface area contributed by atoms with Gasteiger partial charge in [-0.2, -0.15) is 0 Å². The van der Waals surface area contributed by atoms with E-state index in [0.29, 0.717) is 6.42 Å². The molecule has 4 nitrogen and oxygen atoms in total. The molecule has 0 saturated carbocycles. The molecule has 0 radical (unpaired) electrons. The highest BCUT2D eigenvalue weighted by Crippen LogP contribution is 2.31. The highest BCUT2D eigenvalue weighted by Gasteiger charge is 2.37. The molecule has 0 spiro atoms. The lowest BCUT2D eigenvalue weighted by Gasteiger charge is -2.38. The largest absolute Gasteiger partial charge is 0.341 e. The molecule has 0 unspecified atom stereocenters. The molecular formula is C16H20N2O2. The number of carbonyl (C=O) groups is 2. The van der Waals surface area contributed by atoms with Crippen molar-refractivity contribution in [1.29, 1.82) is 0 Å². The molecular weight excluding hydrogens is 252 g/mol. The third-order valence-corrected chi connectivity index (χ3v) is 4.37. The van der Waals surface area contributed by atoms with E-state index in [0.717, 1.165) is 37.1 Å². The number of hydrogen-bond donors (Lipinski definition) is 0. The maximum atomic E-state index is 12.8. The molecule has 2 heterocycles. The number of rotatable bonds is 1. The lowest BCUT2D eigenvalue weighted by atomic mass is 9.91. The molecule has 3 rings (SSSR count). The maximum absolute atomic E-state index is 12.8. The molecule has 2 aliphatic rings. The van der Waals surface area contributed by atoms with Crippen molar-refractivity contribution in [1.82, 2.24) is 9.80 Å². The van der Waals surface area contributed by atoms with Crippen LogP contribution >= 0.6 is 0 Å². The minimum atomic E-state index is -0.439. The average Bonchev–Trinajstić information content (AvgIpc) is 2.49. The summed E-state index contributed by atoms with van der Waals surface area (Å²) in [4.78, 5) is 28.4. The van der Waals surface area contributed by atoms with Crippen LogP contribution in [-0.2, 0) is 16.0 Å². The van der Waals surface area contributed by atoms with Crippen LogP contribution in [0.25, 0.3) is 0 Å². The van der Waals surface area contributed by atoms with Crippen LogP contribution in [0.1, 0.15) is 36.4 Å². The number of nitrogens with zero attached hydrogens (tertiary/aromatic N) is 2. The van der Waals surface area contributed by atoms with Gasteiger partial charge in [-0.25, -0.2) is 0 Å². The SMILES string of the molecule is CN1C(=O)Cc2ccccc2[C@H]1C(=O)N1CCCCC1. The predicted octanol–water partition coefficient (Wildman–Crippen LogP) is 1.75. The lowest BCUT2D eigenvalue weighted by Crippen LogP contribution is -2.48. The Morgan fingerprint density at radius 2 is 1.85 bits per heavy atom. The van der Waals surface area contributed by atoms with E-state index in [9.17, 15) is 9.59 Å². The van der Waals surface area contributed by atoms with Crippen molar-refractivity contribution in [2.45, 2.75) is 31.7 Å². The maximum Gasteiger partial charge on any atom is 0.250 e. The van der Waals surface area contributed by atoms with Crippen LogP contribution in [0.5, 0.6) is 0 Å². The summed E-state index contributed by atoms with van der Waals surface area (Å²) < 4.78 is 0. The summed E-state index contributed by atoms with van der Waals surface area (Å²) in [6.07, 6.45) is 3.73. The number of likely N-dealkylation sites (N-methyl/N-ethyl adjacent to an activating group) is 1. The molecule has 0 N–H and O–H groups in total. The van der Waals surface area contributed by atoms with Gasteiger partial charge < -0.3 is 9.80 Å². The Morgan fingerprint density at radius 1 is 1.15 bits per heavy atom. The molecule has 20 heavy (non-hydrogen) atoms. The van der Waals surface area contributed by atoms with Gasteiger partial charge in [0.05, 0.1) is 6.42 Å². The Hall–Kier alpha value is -1.84. The molecule has 1 aromatic rings. The smallest absolute Gasteiger partial charge is 0.250 e. The first-order chi connectivity index (χ1) is 9.68. The van der Waals surface area contributed by atoms with Gasteiger partial charge in [0.1, 0.15) is 6.04 Å². The van der Waals surface area contributed by atoms with Crippen LogP contribution in [0.15, 0.2) is 24.3 Å². The van der Waals surface area contributed by atoms with Crippen LogP contribution in [-0.4, -0.2) is 41.8 Å². The number of piperidine rings is 1. The van der Waals surface area contributed by atoms with Crippen molar-refractivity contribution in [2.75, 3.05) is 20.1 Å². The predicted molar refractivity (Wildman–Crippen MR) is 76.1 cm³/mol. The minimum Gasteiger partial charge on any atom is -0.341 e. The molecule has 1 aromatic carbocycles. The summed E-state index contributed by atoms with van der Waals surface area (Å²) in [5, 5.41) is 0. The standard InChI is InChI=1S/C16H20N2O2/c1-17-14(19)11-12-7-3-4-8-13(12)15(17)16(20)18-9-5-2-6-10-18/h3-4,7-8,15H,2,5-6,9-11H2,1H3/t15-/m0/s1. The fraction of sp³-hybridized carbons (Fsp3) is 0.500. The van der Waals surface area contributed by atoms with Crippen molar-refractivity contribution in [3.63, 3.8) is 0 Å². The van der Waals surface area contributed by atoms with E-state index in [4.69, 9.17) is 0 Å².